The Hall–Kier alpha value is -2.54. The smallest absolute Gasteiger partial charge is 0.244 e. The fourth-order valence-corrected chi connectivity index (χ4v) is 5.76. The third-order valence-corrected chi connectivity index (χ3v) is 7.59. The molecule has 1 aliphatic carbocycles. The van der Waals surface area contributed by atoms with Crippen LogP contribution in [-0.2, 0) is 10.0 Å². The van der Waals surface area contributed by atoms with Gasteiger partial charge in [-0.15, -0.1) is 0 Å². The number of piperazine rings is 1. The third kappa shape index (κ3) is 2.76. The Balaban J connectivity index is 1.41. The highest BCUT2D eigenvalue weighted by molar-refractivity contribution is 7.89. The summed E-state index contributed by atoms with van der Waals surface area (Å²) in [6.07, 6.45) is 3.01. The normalized spacial score (nSPS) is 18.0. The molecular weight excluding hydrogens is 370 g/mol. The Morgan fingerprint density at radius 2 is 1.39 bits per heavy atom. The first-order valence-electron chi connectivity index (χ1n) is 9.49. The van der Waals surface area contributed by atoms with Gasteiger partial charge in [0.25, 0.3) is 0 Å². The Morgan fingerprint density at radius 1 is 0.786 bits per heavy atom. The number of hydrogen-bond donors (Lipinski definition) is 0. The molecule has 1 aromatic heterocycles. The van der Waals surface area contributed by atoms with Crippen LogP contribution in [0.4, 0.5) is 0 Å². The zero-order chi connectivity index (χ0) is 19.1. The van der Waals surface area contributed by atoms with Crippen LogP contribution in [0.25, 0.3) is 11.1 Å². The van der Waals surface area contributed by atoms with E-state index in [1.165, 1.54) is 28.5 Å². The number of nitrogens with zero attached hydrogens (tertiary/aromatic N) is 3. The summed E-state index contributed by atoms with van der Waals surface area (Å²) in [5.41, 5.74) is 5.20. The molecule has 0 atom stereocenters. The highest BCUT2D eigenvalue weighted by atomic mass is 32.2. The van der Waals surface area contributed by atoms with Crippen molar-refractivity contribution in [1.82, 2.24) is 14.2 Å². The molecule has 28 heavy (non-hydrogen) atoms. The van der Waals surface area contributed by atoms with Crippen LogP contribution in [0, 0.1) is 0 Å². The van der Waals surface area contributed by atoms with Crippen molar-refractivity contribution in [2.24, 2.45) is 0 Å². The van der Waals surface area contributed by atoms with Crippen LogP contribution < -0.4 is 0 Å². The van der Waals surface area contributed by atoms with Gasteiger partial charge in [0, 0.05) is 38.6 Å². The molecule has 0 radical (unpaired) electrons. The van der Waals surface area contributed by atoms with Crippen LogP contribution in [0.3, 0.4) is 0 Å². The highest BCUT2D eigenvalue weighted by Gasteiger charge is 2.36. The van der Waals surface area contributed by atoms with Gasteiger partial charge in [0.2, 0.25) is 10.0 Å². The van der Waals surface area contributed by atoms with Gasteiger partial charge in [0.15, 0.2) is 0 Å². The number of benzene rings is 2. The molecule has 0 amide bonds. The second kappa shape index (κ2) is 6.81. The van der Waals surface area contributed by atoms with Crippen LogP contribution in [0.2, 0.25) is 0 Å². The van der Waals surface area contributed by atoms with E-state index in [1.807, 2.05) is 0 Å². The molecule has 142 valence electrons. The van der Waals surface area contributed by atoms with Gasteiger partial charge in [-0.05, 0) is 34.4 Å². The maximum Gasteiger partial charge on any atom is 0.244 e. The largest absolute Gasteiger partial charge is 0.290 e. The van der Waals surface area contributed by atoms with Crippen molar-refractivity contribution in [2.45, 2.75) is 10.9 Å². The quantitative estimate of drug-likeness (QED) is 0.688. The Morgan fingerprint density at radius 3 is 1.96 bits per heavy atom. The van der Waals surface area contributed by atoms with Gasteiger partial charge in [0.1, 0.15) is 4.90 Å². The van der Waals surface area contributed by atoms with E-state index in [0.29, 0.717) is 26.2 Å². The molecule has 1 saturated heterocycles. The molecule has 0 spiro atoms. The second-order valence-corrected chi connectivity index (χ2v) is 9.14. The highest BCUT2D eigenvalue weighted by Crippen LogP contribution is 2.46. The maximum atomic E-state index is 12.9. The Bertz CT molecular complexity index is 1060. The van der Waals surface area contributed by atoms with Crippen molar-refractivity contribution in [3.05, 3.63) is 84.2 Å². The number of aromatic nitrogens is 1. The number of fused-ring (bicyclic) bond motifs is 3. The summed E-state index contributed by atoms with van der Waals surface area (Å²) < 4.78 is 27.3. The average Bonchev–Trinajstić information content (AvgIpc) is 3.09. The standard InChI is InChI=1S/C22H21N3O2S/c26-28(27,17-6-5-11-23-16-17)25-14-12-24(13-15-25)22-20-9-3-1-7-18(20)19-8-2-4-10-21(19)22/h1-11,16,22H,12-15H2. The molecule has 1 aliphatic heterocycles. The molecule has 0 bridgehead atoms. The lowest BCUT2D eigenvalue weighted by molar-refractivity contribution is 0.158. The van der Waals surface area contributed by atoms with E-state index in [0.717, 1.165) is 0 Å². The van der Waals surface area contributed by atoms with Gasteiger partial charge < -0.3 is 0 Å². The van der Waals surface area contributed by atoms with Crippen LogP contribution >= 0.6 is 0 Å². The van der Waals surface area contributed by atoms with Crippen LogP contribution in [0.5, 0.6) is 0 Å². The first-order valence-corrected chi connectivity index (χ1v) is 10.9. The van der Waals surface area contributed by atoms with Crippen molar-refractivity contribution >= 4 is 10.0 Å². The zero-order valence-electron chi connectivity index (χ0n) is 15.4. The monoisotopic (exact) mass is 391 g/mol. The van der Waals surface area contributed by atoms with E-state index in [2.05, 4.69) is 58.4 Å². The molecule has 0 saturated carbocycles. The number of hydrogen-bond acceptors (Lipinski definition) is 4. The van der Waals surface area contributed by atoms with Gasteiger partial charge in [-0.3, -0.25) is 9.88 Å². The molecule has 5 nitrogen and oxygen atoms in total. The maximum absolute atomic E-state index is 12.9. The first-order chi connectivity index (χ1) is 13.7. The van der Waals surface area contributed by atoms with Crippen molar-refractivity contribution in [2.75, 3.05) is 26.2 Å². The van der Waals surface area contributed by atoms with E-state index in [-0.39, 0.29) is 10.9 Å². The SMILES string of the molecule is O=S(=O)(c1cccnc1)N1CCN(C2c3ccccc3-c3ccccc32)CC1. The minimum Gasteiger partial charge on any atom is -0.290 e. The predicted molar refractivity (Wildman–Crippen MR) is 108 cm³/mol. The van der Waals surface area contributed by atoms with E-state index >= 15 is 0 Å². The van der Waals surface area contributed by atoms with E-state index in [4.69, 9.17) is 0 Å². The second-order valence-electron chi connectivity index (χ2n) is 7.21. The van der Waals surface area contributed by atoms with Crippen molar-refractivity contribution in [1.29, 1.82) is 0 Å². The van der Waals surface area contributed by atoms with Gasteiger partial charge in [0.05, 0.1) is 6.04 Å². The number of sulfonamides is 1. The summed E-state index contributed by atoms with van der Waals surface area (Å²) in [4.78, 5) is 6.62. The zero-order valence-corrected chi connectivity index (χ0v) is 16.2. The lowest BCUT2D eigenvalue weighted by Crippen LogP contribution is -2.49. The molecule has 3 aromatic rings. The van der Waals surface area contributed by atoms with Gasteiger partial charge in [-0.1, -0.05) is 48.5 Å². The molecule has 2 aromatic carbocycles. The summed E-state index contributed by atoms with van der Waals surface area (Å²) in [7, 11) is -3.49. The Labute approximate surface area is 165 Å². The third-order valence-electron chi connectivity index (χ3n) is 5.71. The molecular formula is C22H21N3O2S. The number of rotatable bonds is 3. The molecule has 2 aliphatic rings. The molecule has 6 heteroatoms. The fourth-order valence-electron chi connectivity index (χ4n) is 4.37. The predicted octanol–water partition coefficient (Wildman–Crippen LogP) is 3.16. The van der Waals surface area contributed by atoms with Crippen molar-refractivity contribution in [3.63, 3.8) is 0 Å². The molecule has 0 N–H and O–H groups in total. The van der Waals surface area contributed by atoms with Gasteiger partial charge in [-0.25, -0.2) is 8.42 Å². The summed E-state index contributed by atoms with van der Waals surface area (Å²) in [5, 5.41) is 0. The van der Waals surface area contributed by atoms with Crippen LogP contribution in [0.1, 0.15) is 17.2 Å². The fraction of sp³-hybridized carbons (Fsp3) is 0.227. The molecule has 5 rings (SSSR count). The Kier molecular flexibility index (Phi) is 4.27. The van der Waals surface area contributed by atoms with E-state index < -0.39 is 10.0 Å². The summed E-state index contributed by atoms with van der Waals surface area (Å²) >= 11 is 0. The molecule has 1 fully saturated rings. The van der Waals surface area contributed by atoms with Gasteiger partial charge in [-0.2, -0.15) is 4.31 Å². The first kappa shape index (κ1) is 17.6. The van der Waals surface area contributed by atoms with Crippen molar-refractivity contribution in [3.8, 4) is 11.1 Å². The van der Waals surface area contributed by atoms with Gasteiger partial charge >= 0.3 is 0 Å². The summed E-state index contributed by atoms with van der Waals surface area (Å²) in [6.45, 7) is 2.37. The van der Waals surface area contributed by atoms with E-state index in [9.17, 15) is 8.42 Å². The number of pyridine rings is 1. The molecule has 0 unspecified atom stereocenters. The lowest BCUT2D eigenvalue weighted by Gasteiger charge is -2.38. The summed E-state index contributed by atoms with van der Waals surface area (Å²) in [6, 6.07) is 20.5. The lowest BCUT2D eigenvalue weighted by atomic mass is 10.0. The topological polar surface area (TPSA) is 53.5 Å². The van der Waals surface area contributed by atoms with Crippen LogP contribution in [0.15, 0.2) is 78.0 Å². The van der Waals surface area contributed by atoms with Crippen molar-refractivity contribution < 1.29 is 8.42 Å². The molecule has 2 heterocycles. The van der Waals surface area contributed by atoms with E-state index in [1.54, 1.807) is 22.6 Å². The average molecular weight is 391 g/mol. The minimum absolute atomic E-state index is 0.190. The summed E-state index contributed by atoms with van der Waals surface area (Å²) in [5.74, 6) is 0. The van der Waals surface area contributed by atoms with Crippen LogP contribution in [-0.4, -0.2) is 48.8 Å². The minimum atomic E-state index is -3.49.